The minimum Gasteiger partial charge on any atom is -0.387 e. The number of anilines is 1. The molecule has 0 bridgehead atoms. The molecule has 1 saturated heterocycles. The molecule has 0 aromatic carbocycles. The van der Waals surface area contributed by atoms with Crippen molar-refractivity contribution in [3.63, 3.8) is 0 Å². The highest BCUT2D eigenvalue weighted by Gasteiger charge is 2.45. The molecule has 3 heterocycles. The second-order valence-corrected chi connectivity index (χ2v) is 6.01. The molecule has 1 aliphatic rings. The molecule has 1 aliphatic heterocycles. The summed E-state index contributed by atoms with van der Waals surface area (Å²) in [4.78, 5) is 14.0. The van der Waals surface area contributed by atoms with Gasteiger partial charge in [-0.3, -0.25) is 4.57 Å². The number of nitrogens with two attached hydrogens (primary N) is 2. The molecule has 136 valence electrons. The van der Waals surface area contributed by atoms with E-state index in [2.05, 4.69) is 15.0 Å². The van der Waals surface area contributed by atoms with Crippen LogP contribution in [-0.4, -0.2) is 74.6 Å². The monoisotopic (exact) mass is 351 g/mol. The van der Waals surface area contributed by atoms with Gasteiger partial charge in [0.05, 0.1) is 6.33 Å². The zero-order valence-corrected chi connectivity index (χ0v) is 13.9. The molecule has 0 unspecified atom stereocenters. The maximum Gasteiger partial charge on any atom is 0.173 e. The number of hydrogen-bond acceptors (Lipinski definition) is 8. The van der Waals surface area contributed by atoms with E-state index in [0.717, 1.165) is 0 Å². The Morgan fingerprint density at radius 2 is 2.20 bits per heavy atom. The molecule has 1 fully saturated rings. The maximum absolute atomic E-state index is 14.6. The number of likely N-dealkylation sites (N-methyl/N-ethyl adjacent to an activating group) is 1. The Hall–Kier alpha value is -2.14. The second-order valence-electron chi connectivity index (χ2n) is 6.01. The SMILES string of the molecule is CN(C/C=C/CN)C[C@H]1O[C@@H](n2cnc3c(N)ncnc32)[C@H](F)[C@@H]1O. The normalized spacial score (nSPS) is 27.1. The highest BCUT2D eigenvalue weighted by Crippen LogP contribution is 2.34. The summed E-state index contributed by atoms with van der Waals surface area (Å²) in [5, 5.41) is 10.2. The summed E-state index contributed by atoms with van der Waals surface area (Å²) >= 11 is 0. The number of alkyl halides is 1. The van der Waals surface area contributed by atoms with Crippen molar-refractivity contribution in [1.29, 1.82) is 0 Å². The standard InChI is InChI=1S/C15H22FN7O2/c1-22(5-3-2-4-17)6-9-12(24)10(16)15(25-9)23-8-21-11-13(18)19-7-20-14(11)23/h2-3,7-10,12,15,24H,4-6,17H2,1H3,(H2,18,19,20)/b3-2+/t9-,10-,12-,15-/m1/s1. The van der Waals surface area contributed by atoms with Crippen molar-refractivity contribution in [3.05, 3.63) is 24.8 Å². The van der Waals surface area contributed by atoms with Gasteiger partial charge in [-0.2, -0.15) is 0 Å². The third kappa shape index (κ3) is 3.47. The van der Waals surface area contributed by atoms with Crippen LogP contribution in [0.25, 0.3) is 11.2 Å². The molecule has 0 aliphatic carbocycles. The molecule has 9 nitrogen and oxygen atoms in total. The van der Waals surface area contributed by atoms with Crippen LogP contribution in [0.5, 0.6) is 0 Å². The van der Waals surface area contributed by atoms with Gasteiger partial charge in [0.1, 0.15) is 24.1 Å². The highest BCUT2D eigenvalue weighted by atomic mass is 19.1. The molecule has 2 aromatic rings. The molecule has 2 aromatic heterocycles. The van der Waals surface area contributed by atoms with Crippen molar-refractivity contribution >= 4 is 17.0 Å². The second kappa shape index (κ2) is 7.40. The molecule has 0 spiro atoms. The third-order valence-corrected chi connectivity index (χ3v) is 4.17. The van der Waals surface area contributed by atoms with Gasteiger partial charge in [0.2, 0.25) is 0 Å². The fourth-order valence-corrected chi connectivity index (χ4v) is 2.87. The number of aliphatic hydroxyl groups is 1. The Kier molecular flexibility index (Phi) is 5.23. The molecular formula is C15H22FN7O2. The van der Waals surface area contributed by atoms with Crippen molar-refractivity contribution in [3.8, 4) is 0 Å². The van der Waals surface area contributed by atoms with E-state index < -0.39 is 24.6 Å². The van der Waals surface area contributed by atoms with Gasteiger partial charge in [-0.1, -0.05) is 12.2 Å². The predicted molar refractivity (Wildman–Crippen MR) is 90.2 cm³/mol. The molecular weight excluding hydrogens is 329 g/mol. The van der Waals surface area contributed by atoms with Gasteiger partial charge in [0.15, 0.2) is 23.9 Å². The predicted octanol–water partition coefficient (Wildman–Crippen LogP) is -0.548. The number of aliphatic hydroxyl groups excluding tert-OH is 1. The van der Waals surface area contributed by atoms with Gasteiger partial charge in [-0.05, 0) is 7.05 Å². The fourth-order valence-electron chi connectivity index (χ4n) is 2.87. The number of halogens is 1. The van der Waals surface area contributed by atoms with Crippen LogP contribution in [0, 0.1) is 0 Å². The van der Waals surface area contributed by atoms with Crippen molar-refractivity contribution in [2.75, 3.05) is 32.4 Å². The van der Waals surface area contributed by atoms with E-state index in [4.69, 9.17) is 16.2 Å². The van der Waals surface area contributed by atoms with Crippen LogP contribution in [0.2, 0.25) is 0 Å². The third-order valence-electron chi connectivity index (χ3n) is 4.17. The van der Waals surface area contributed by atoms with Gasteiger partial charge >= 0.3 is 0 Å². The maximum atomic E-state index is 14.6. The number of fused-ring (bicyclic) bond motifs is 1. The minimum absolute atomic E-state index is 0.209. The lowest BCUT2D eigenvalue weighted by molar-refractivity contribution is -0.0330. The lowest BCUT2D eigenvalue weighted by Crippen LogP contribution is -2.37. The Morgan fingerprint density at radius 1 is 1.40 bits per heavy atom. The smallest absolute Gasteiger partial charge is 0.173 e. The summed E-state index contributed by atoms with van der Waals surface area (Å²) in [5.41, 5.74) is 11.9. The number of ether oxygens (including phenoxy) is 1. The van der Waals surface area contributed by atoms with Crippen LogP contribution in [0.3, 0.4) is 0 Å². The van der Waals surface area contributed by atoms with Gasteiger partial charge in [0, 0.05) is 19.6 Å². The van der Waals surface area contributed by atoms with Crippen molar-refractivity contribution in [2.24, 2.45) is 5.73 Å². The Bertz CT molecular complexity index is 753. The molecule has 10 heteroatoms. The summed E-state index contributed by atoms with van der Waals surface area (Å²) in [6, 6.07) is 0. The first-order valence-corrected chi connectivity index (χ1v) is 7.97. The van der Waals surface area contributed by atoms with Crippen LogP contribution < -0.4 is 11.5 Å². The quantitative estimate of drug-likeness (QED) is 0.592. The molecule has 0 saturated carbocycles. The average molecular weight is 351 g/mol. The van der Waals surface area contributed by atoms with E-state index >= 15 is 0 Å². The Morgan fingerprint density at radius 3 is 2.96 bits per heavy atom. The number of aromatic nitrogens is 4. The lowest BCUT2D eigenvalue weighted by atomic mass is 10.1. The summed E-state index contributed by atoms with van der Waals surface area (Å²) in [5.74, 6) is 0.209. The van der Waals surface area contributed by atoms with E-state index in [0.29, 0.717) is 30.8 Å². The number of nitrogen functional groups attached to an aromatic ring is 1. The average Bonchev–Trinajstić information content (AvgIpc) is 3.13. The largest absolute Gasteiger partial charge is 0.387 e. The van der Waals surface area contributed by atoms with E-state index in [1.165, 1.54) is 17.2 Å². The molecule has 5 N–H and O–H groups in total. The lowest BCUT2D eigenvalue weighted by Gasteiger charge is -2.21. The Balaban J connectivity index is 1.75. The minimum atomic E-state index is -1.61. The molecule has 0 radical (unpaired) electrons. The van der Waals surface area contributed by atoms with E-state index in [-0.39, 0.29) is 5.82 Å². The molecule has 3 rings (SSSR count). The van der Waals surface area contributed by atoms with Gasteiger partial charge in [0.25, 0.3) is 0 Å². The number of imidazole rings is 1. The van der Waals surface area contributed by atoms with E-state index in [9.17, 15) is 9.50 Å². The summed E-state index contributed by atoms with van der Waals surface area (Å²) < 4.78 is 21.8. The Labute approximate surface area is 144 Å². The van der Waals surface area contributed by atoms with Crippen LogP contribution in [0.1, 0.15) is 6.23 Å². The van der Waals surface area contributed by atoms with Crippen molar-refractivity contribution in [1.82, 2.24) is 24.4 Å². The summed E-state index contributed by atoms with van der Waals surface area (Å²) in [6.07, 6.45) is 1.88. The molecule has 0 amide bonds. The topological polar surface area (TPSA) is 128 Å². The highest BCUT2D eigenvalue weighted by molar-refractivity contribution is 5.81. The van der Waals surface area contributed by atoms with Crippen molar-refractivity contribution in [2.45, 2.75) is 24.6 Å². The molecule has 4 atom stereocenters. The van der Waals surface area contributed by atoms with E-state index in [1.54, 1.807) is 0 Å². The van der Waals surface area contributed by atoms with Crippen LogP contribution in [0.4, 0.5) is 10.2 Å². The molecule has 25 heavy (non-hydrogen) atoms. The number of rotatable bonds is 6. The van der Waals surface area contributed by atoms with Gasteiger partial charge in [-0.15, -0.1) is 0 Å². The zero-order chi connectivity index (χ0) is 18.0. The van der Waals surface area contributed by atoms with Crippen LogP contribution in [-0.2, 0) is 4.74 Å². The summed E-state index contributed by atoms with van der Waals surface area (Å²) in [6.45, 7) is 1.46. The van der Waals surface area contributed by atoms with E-state index in [1.807, 2.05) is 24.1 Å². The van der Waals surface area contributed by atoms with Gasteiger partial charge < -0.3 is 26.2 Å². The van der Waals surface area contributed by atoms with Crippen LogP contribution in [0.15, 0.2) is 24.8 Å². The zero-order valence-electron chi connectivity index (χ0n) is 13.9. The van der Waals surface area contributed by atoms with Crippen molar-refractivity contribution < 1.29 is 14.2 Å². The first-order valence-electron chi connectivity index (χ1n) is 7.97. The van der Waals surface area contributed by atoms with Gasteiger partial charge in [-0.25, -0.2) is 19.3 Å². The first kappa shape index (κ1) is 17.7. The number of nitrogens with zero attached hydrogens (tertiary/aromatic N) is 5. The van der Waals surface area contributed by atoms with Crippen LogP contribution >= 0.6 is 0 Å². The number of hydrogen-bond donors (Lipinski definition) is 3. The first-order chi connectivity index (χ1) is 12.0. The summed E-state index contributed by atoms with van der Waals surface area (Å²) in [7, 11) is 1.86. The fraction of sp³-hybridized carbons (Fsp3) is 0.533.